The van der Waals surface area contributed by atoms with Crippen LogP contribution < -0.4 is 4.74 Å². The second kappa shape index (κ2) is 6.44. The number of carbonyl (C=O) groups is 3. The van der Waals surface area contributed by atoms with Gasteiger partial charge in [0, 0.05) is 28.8 Å². The number of fused-ring (bicyclic) bond motifs is 5. The van der Waals surface area contributed by atoms with Crippen LogP contribution in [0.4, 0.5) is 0 Å². The maximum atomic E-state index is 12.9. The number of hydrogen-bond acceptors (Lipinski definition) is 5. The van der Waals surface area contributed by atoms with Crippen molar-refractivity contribution in [2.24, 2.45) is 0 Å². The van der Waals surface area contributed by atoms with E-state index in [4.69, 9.17) is 9.15 Å². The number of amides is 1. The minimum absolute atomic E-state index is 0.115. The smallest absolute Gasteiger partial charge is 0.254 e. The lowest BCUT2D eigenvalue weighted by Gasteiger charge is -2.26. The fourth-order valence-corrected chi connectivity index (χ4v) is 4.04. The van der Waals surface area contributed by atoms with Gasteiger partial charge in [0.25, 0.3) is 5.91 Å². The van der Waals surface area contributed by atoms with Crippen molar-refractivity contribution in [3.05, 3.63) is 76.5 Å². The van der Waals surface area contributed by atoms with Crippen molar-refractivity contribution in [1.29, 1.82) is 0 Å². The molecule has 0 N–H and O–H groups in total. The van der Waals surface area contributed by atoms with E-state index in [0.717, 1.165) is 5.56 Å². The van der Waals surface area contributed by atoms with Crippen molar-refractivity contribution >= 4 is 17.5 Å². The fraction of sp³-hybridized carbons (Fsp3) is 0.174. The van der Waals surface area contributed by atoms with Crippen LogP contribution >= 0.6 is 0 Å². The van der Waals surface area contributed by atoms with Crippen molar-refractivity contribution in [2.75, 3.05) is 13.7 Å². The Labute approximate surface area is 166 Å². The highest BCUT2D eigenvalue weighted by molar-refractivity contribution is 6.53. The summed E-state index contributed by atoms with van der Waals surface area (Å²) in [6, 6.07) is 13.9. The number of ether oxygens (including phenoxy) is 1. The summed E-state index contributed by atoms with van der Waals surface area (Å²) in [6.07, 6.45) is 0.469. The largest absolute Gasteiger partial charge is 0.497 e. The SMILES string of the molecule is COc1ccc(C(=O)N2CCc3c(oc4c3C(=O)C(=O)c3ccccc3-4)C2)cc1. The van der Waals surface area contributed by atoms with Crippen LogP contribution in [0.25, 0.3) is 11.3 Å². The molecule has 0 saturated carbocycles. The van der Waals surface area contributed by atoms with Crippen LogP contribution in [-0.2, 0) is 13.0 Å². The molecule has 1 aliphatic heterocycles. The van der Waals surface area contributed by atoms with Gasteiger partial charge in [-0.05, 0) is 30.7 Å². The van der Waals surface area contributed by atoms with Crippen LogP contribution in [-0.4, -0.2) is 36.0 Å². The maximum absolute atomic E-state index is 12.9. The lowest BCUT2D eigenvalue weighted by Crippen LogP contribution is -2.36. The van der Waals surface area contributed by atoms with Crippen LogP contribution in [0.15, 0.2) is 52.9 Å². The minimum Gasteiger partial charge on any atom is -0.497 e. The molecule has 0 radical (unpaired) electrons. The van der Waals surface area contributed by atoms with Gasteiger partial charge in [-0.1, -0.05) is 24.3 Å². The molecule has 6 heteroatoms. The Morgan fingerprint density at radius 1 is 1.00 bits per heavy atom. The third-order valence-corrected chi connectivity index (χ3v) is 5.53. The Morgan fingerprint density at radius 2 is 1.72 bits per heavy atom. The highest BCUT2D eigenvalue weighted by Gasteiger charge is 2.39. The molecule has 2 aliphatic rings. The Kier molecular flexibility index (Phi) is 3.87. The van der Waals surface area contributed by atoms with Crippen LogP contribution in [0.3, 0.4) is 0 Å². The van der Waals surface area contributed by atoms with Gasteiger partial charge in [-0.3, -0.25) is 14.4 Å². The second-order valence-electron chi connectivity index (χ2n) is 7.12. The predicted molar refractivity (Wildman–Crippen MR) is 104 cm³/mol. The van der Waals surface area contributed by atoms with E-state index in [0.29, 0.717) is 52.5 Å². The van der Waals surface area contributed by atoms with Gasteiger partial charge in [0.1, 0.15) is 17.3 Å². The van der Waals surface area contributed by atoms with E-state index in [1.807, 2.05) is 6.07 Å². The molecule has 1 aliphatic carbocycles. The van der Waals surface area contributed by atoms with Crippen molar-refractivity contribution in [2.45, 2.75) is 13.0 Å². The van der Waals surface area contributed by atoms with Gasteiger partial charge in [0.05, 0.1) is 19.2 Å². The van der Waals surface area contributed by atoms with E-state index >= 15 is 0 Å². The fourth-order valence-electron chi connectivity index (χ4n) is 4.04. The molecule has 144 valence electrons. The highest BCUT2D eigenvalue weighted by Crippen LogP contribution is 2.40. The van der Waals surface area contributed by atoms with Crippen LogP contribution in [0.1, 0.15) is 42.4 Å². The molecule has 0 bridgehead atoms. The molecule has 0 atom stereocenters. The van der Waals surface area contributed by atoms with Gasteiger partial charge < -0.3 is 14.1 Å². The van der Waals surface area contributed by atoms with Crippen LogP contribution in [0, 0.1) is 0 Å². The van der Waals surface area contributed by atoms with Gasteiger partial charge in [-0.15, -0.1) is 0 Å². The van der Waals surface area contributed by atoms with Gasteiger partial charge in [0.2, 0.25) is 11.6 Å². The lowest BCUT2D eigenvalue weighted by atomic mass is 9.85. The molecule has 1 aromatic heterocycles. The van der Waals surface area contributed by atoms with Crippen molar-refractivity contribution in [3.8, 4) is 17.1 Å². The maximum Gasteiger partial charge on any atom is 0.254 e. The van der Waals surface area contributed by atoms with Gasteiger partial charge in [-0.2, -0.15) is 0 Å². The molecule has 0 unspecified atom stereocenters. The molecule has 3 aromatic rings. The number of benzene rings is 2. The van der Waals surface area contributed by atoms with E-state index in [1.165, 1.54) is 0 Å². The zero-order chi connectivity index (χ0) is 20.1. The standard InChI is InChI=1S/C23H17NO5/c1-28-14-8-6-13(7-9-14)23(27)24-11-10-17-18(12-24)29-22-16-5-3-2-4-15(16)20(25)21(26)19(17)22/h2-9H,10-12H2,1H3. The predicted octanol–water partition coefficient (Wildman–Crippen LogP) is 3.53. The average Bonchev–Trinajstić information content (AvgIpc) is 3.16. The number of ketones is 2. The van der Waals surface area contributed by atoms with E-state index in [-0.39, 0.29) is 12.5 Å². The van der Waals surface area contributed by atoms with E-state index < -0.39 is 11.6 Å². The van der Waals surface area contributed by atoms with Crippen molar-refractivity contribution in [1.82, 2.24) is 4.90 Å². The zero-order valence-electron chi connectivity index (χ0n) is 15.7. The Bertz CT molecular complexity index is 1170. The summed E-state index contributed by atoms with van der Waals surface area (Å²) in [6.45, 7) is 0.712. The summed E-state index contributed by atoms with van der Waals surface area (Å²) in [7, 11) is 1.58. The first-order valence-corrected chi connectivity index (χ1v) is 9.34. The molecule has 2 aromatic carbocycles. The molecule has 0 spiro atoms. The van der Waals surface area contributed by atoms with Crippen LogP contribution in [0.5, 0.6) is 5.75 Å². The Hall–Kier alpha value is -3.67. The number of rotatable bonds is 2. The molecule has 0 saturated heterocycles. The number of carbonyl (C=O) groups excluding carboxylic acids is 3. The monoisotopic (exact) mass is 387 g/mol. The summed E-state index contributed by atoms with van der Waals surface area (Å²) in [5.41, 5.74) is 2.66. The first-order chi connectivity index (χ1) is 14.1. The minimum atomic E-state index is -0.529. The summed E-state index contributed by atoms with van der Waals surface area (Å²) < 4.78 is 11.2. The summed E-state index contributed by atoms with van der Waals surface area (Å²) in [5.74, 6) is 0.542. The zero-order valence-corrected chi connectivity index (χ0v) is 15.7. The van der Waals surface area contributed by atoms with Gasteiger partial charge in [0.15, 0.2) is 0 Å². The Balaban J connectivity index is 1.50. The summed E-state index contributed by atoms with van der Waals surface area (Å²) in [4.78, 5) is 39.8. The highest BCUT2D eigenvalue weighted by atomic mass is 16.5. The topological polar surface area (TPSA) is 76.8 Å². The molecular weight excluding hydrogens is 370 g/mol. The van der Waals surface area contributed by atoms with Gasteiger partial charge >= 0.3 is 0 Å². The molecule has 29 heavy (non-hydrogen) atoms. The van der Waals surface area contributed by atoms with Crippen molar-refractivity contribution in [3.63, 3.8) is 0 Å². The third-order valence-electron chi connectivity index (χ3n) is 5.53. The van der Waals surface area contributed by atoms with Gasteiger partial charge in [-0.25, -0.2) is 0 Å². The third kappa shape index (κ3) is 2.60. The first kappa shape index (κ1) is 17.4. The second-order valence-corrected chi connectivity index (χ2v) is 7.12. The number of hydrogen-bond donors (Lipinski definition) is 0. The molecule has 6 nitrogen and oxygen atoms in total. The number of methoxy groups -OCH3 is 1. The molecule has 1 amide bonds. The average molecular weight is 387 g/mol. The van der Waals surface area contributed by atoms with E-state index in [2.05, 4.69) is 0 Å². The van der Waals surface area contributed by atoms with E-state index in [1.54, 1.807) is 54.5 Å². The number of Topliss-reactive ketones (excluding diaryl/α,β-unsaturated/α-hetero) is 2. The lowest BCUT2D eigenvalue weighted by molar-refractivity contribution is 0.0720. The van der Waals surface area contributed by atoms with E-state index in [9.17, 15) is 14.4 Å². The first-order valence-electron chi connectivity index (χ1n) is 9.34. The molecular formula is C23H17NO5. The number of nitrogens with zero attached hydrogens (tertiary/aromatic N) is 1. The van der Waals surface area contributed by atoms with Crippen molar-refractivity contribution < 1.29 is 23.5 Å². The summed E-state index contributed by atoms with van der Waals surface area (Å²) >= 11 is 0. The quantitative estimate of drug-likeness (QED) is 0.629. The normalized spacial score (nSPS) is 14.9. The molecule has 2 heterocycles. The molecule has 0 fully saturated rings. The van der Waals surface area contributed by atoms with Crippen LogP contribution in [0.2, 0.25) is 0 Å². The number of furan rings is 1. The Morgan fingerprint density at radius 3 is 2.45 bits per heavy atom. The molecule has 5 rings (SSSR count). The summed E-state index contributed by atoms with van der Waals surface area (Å²) in [5, 5.41) is 0.